The highest BCUT2D eigenvalue weighted by molar-refractivity contribution is 7.11. The summed E-state index contributed by atoms with van der Waals surface area (Å²) >= 11 is 1.33. The lowest BCUT2D eigenvalue weighted by molar-refractivity contribution is -0.150. The SMILES string of the molecule is CCOC(=O)C1=C(CN2CC[C@@]3(F)C(=O)N(CC(C)(C)C(=O)O)C[C@@H]23)NC(c2nccs2)=N[C@H]1c1cccc(F)c1C. The van der Waals surface area contributed by atoms with Gasteiger partial charge in [0.25, 0.3) is 5.91 Å². The first-order chi connectivity index (χ1) is 19.9. The quantitative estimate of drug-likeness (QED) is 0.420. The molecule has 0 aliphatic carbocycles. The van der Waals surface area contributed by atoms with E-state index in [0.29, 0.717) is 27.7 Å². The number of ether oxygens (including phenoxy) is 1. The number of likely N-dealkylation sites (tertiary alicyclic amines) is 2. The number of benzene rings is 1. The summed E-state index contributed by atoms with van der Waals surface area (Å²) in [6.45, 7) is 6.53. The number of carboxylic acid groups (broad SMARTS) is 1. The molecule has 0 radical (unpaired) electrons. The number of halogens is 2. The number of amidine groups is 1. The Morgan fingerprint density at radius 2 is 2.10 bits per heavy atom. The maximum atomic E-state index is 16.3. The zero-order chi connectivity index (χ0) is 30.4. The van der Waals surface area contributed by atoms with Gasteiger partial charge in [-0.05, 0) is 44.9 Å². The molecule has 10 nitrogen and oxygen atoms in total. The van der Waals surface area contributed by atoms with Crippen LogP contribution in [0.2, 0.25) is 0 Å². The number of nitrogens with zero attached hydrogens (tertiary/aromatic N) is 4. The number of alkyl halides is 1. The Balaban J connectivity index is 1.54. The maximum absolute atomic E-state index is 16.3. The Hall–Kier alpha value is -3.71. The average Bonchev–Trinajstić information content (AvgIpc) is 3.64. The summed E-state index contributed by atoms with van der Waals surface area (Å²) < 4.78 is 36.4. The first-order valence-corrected chi connectivity index (χ1v) is 14.6. The second kappa shape index (κ2) is 11.2. The first-order valence-electron chi connectivity index (χ1n) is 13.7. The molecule has 0 spiro atoms. The summed E-state index contributed by atoms with van der Waals surface area (Å²) in [5, 5.41) is 15.1. The number of hydrogen-bond donors (Lipinski definition) is 2. The number of carbonyl (C=O) groups excluding carboxylic acids is 2. The van der Waals surface area contributed by atoms with Crippen molar-refractivity contribution >= 4 is 35.0 Å². The fourth-order valence-electron chi connectivity index (χ4n) is 5.82. The van der Waals surface area contributed by atoms with Crippen molar-refractivity contribution in [2.75, 3.05) is 32.8 Å². The van der Waals surface area contributed by atoms with Gasteiger partial charge in [0.15, 0.2) is 10.8 Å². The maximum Gasteiger partial charge on any atom is 0.338 e. The molecule has 5 rings (SSSR count). The third-order valence-corrected chi connectivity index (χ3v) is 8.93. The predicted molar refractivity (Wildman–Crippen MR) is 151 cm³/mol. The smallest absolute Gasteiger partial charge is 0.338 e. The standard InChI is InChI=1S/C29H33F2N5O5S/c1-5-41-25(37)21-19(13-35-11-9-29(31)20(35)14-36(26(29)38)15-28(3,4)27(39)40)33-23(24-32-10-12-42-24)34-22(21)17-7-6-8-18(30)16(17)2/h6-8,10,12,20,22H,5,9,11,13-15H2,1-4H3,(H,33,34)(H,39,40)/t20-,22+,29+/m1/s1. The van der Waals surface area contributed by atoms with Crippen LogP contribution in [0.5, 0.6) is 0 Å². The molecule has 4 heterocycles. The lowest BCUT2D eigenvalue weighted by Crippen LogP contribution is -2.45. The van der Waals surface area contributed by atoms with Gasteiger partial charge in [-0.3, -0.25) is 19.5 Å². The molecule has 3 atom stereocenters. The van der Waals surface area contributed by atoms with Crippen LogP contribution in [-0.4, -0.2) is 88.1 Å². The number of aliphatic carboxylic acids is 1. The number of hydrogen-bond acceptors (Lipinski definition) is 9. The van der Waals surface area contributed by atoms with Crippen molar-refractivity contribution in [3.63, 3.8) is 0 Å². The molecule has 42 heavy (non-hydrogen) atoms. The van der Waals surface area contributed by atoms with Crippen LogP contribution in [0, 0.1) is 18.2 Å². The molecule has 2 N–H and O–H groups in total. The molecule has 1 aromatic carbocycles. The molecule has 3 aliphatic rings. The number of amides is 1. The van der Waals surface area contributed by atoms with Gasteiger partial charge in [-0.15, -0.1) is 11.3 Å². The van der Waals surface area contributed by atoms with Gasteiger partial charge in [0.2, 0.25) is 5.67 Å². The number of rotatable bonds is 9. The van der Waals surface area contributed by atoms with Crippen molar-refractivity contribution in [3.05, 3.63) is 63.0 Å². The molecule has 224 valence electrons. The Morgan fingerprint density at radius 1 is 1.33 bits per heavy atom. The van der Waals surface area contributed by atoms with E-state index in [2.05, 4.69) is 10.3 Å². The van der Waals surface area contributed by atoms with Crippen LogP contribution in [0.25, 0.3) is 0 Å². The topological polar surface area (TPSA) is 124 Å². The number of fused-ring (bicyclic) bond motifs is 1. The summed E-state index contributed by atoms with van der Waals surface area (Å²) in [7, 11) is 0. The van der Waals surface area contributed by atoms with Crippen LogP contribution in [0.15, 0.2) is 46.0 Å². The number of carbonyl (C=O) groups is 3. The van der Waals surface area contributed by atoms with Crippen molar-refractivity contribution in [1.82, 2.24) is 20.1 Å². The van der Waals surface area contributed by atoms with Crippen LogP contribution in [0.3, 0.4) is 0 Å². The number of carboxylic acids is 1. The van der Waals surface area contributed by atoms with Gasteiger partial charge < -0.3 is 20.1 Å². The van der Waals surface area contributed by atoms with E-state index in [1.807, 2.05) is 0 Å². The van der Waals surface area contributed by atoms with Gasteiger partial charge in [0.1, 0.15) is 11.9 Å². The van der Waals surface area contributed by atoms with E-state index in [-0.39, 0.29) is 44.8 Å². The monoisotopic (exact) mass is 601 g/mol. The first kappa shape index (κ1) is 29.8. The molecule has 13 heteroatoms. The summed E-state index contributed by atoms with van der Waals surface area (Å²) in [5.41, 5.74) is -2.08. The van der Waals surface area contributed by atoms with E-state index < -0.39 is 46.8 Å². The summed E-state index contributed by atoms with van der Waals surface area (Å²) in [6.07, 6.45) is 1.55. The second-order valence-electron chi connectivity index (χ2n) is 11.4. The number of nitrogens with one attached hydrogen (secondary N) is 1. The van der Waals surface area contributed by atoms with Gasteiger partial charge in [-0.1, -0.05) is 12.1 Å². The fourth-order valence-corrected chi connectivity index (χ4v) is 6.41. The van der Waals surface area contributed by atoms with Gasteiger partial charge in [0, 0.05) is 49.9 Å². The summed E-state index contributed by atoms with van der Waals surface area (Å²) in [5.74, 6) is -2.52. The summed E-state index contributed by atoms with van der Waals surface area (Å²) in [6, 6.07) is 2.80. The molecule has 0 saturated carbocycles. The van der Waals surface area contributed by atoms with Crippen molar-refractivity contribution in [2.45, 2.75) is 51.9 Å². The zero-order valence-electron chi connectivity index (χ0n) is 23.8. The van der Waals surface area contributed by atoms with E-state index in [1.54, 1.807) is 42.5 Å². The van der Waals surface area contributed by atoms with E-state index in [0.717, 1.165) is 0 Å². The van der Waals surface area contributed by atoms with Crippen molar-refractivity contribution in [3.8, 4) is 0 Å². The number of aromatic nitrogens is 1. The lowest BCUT2D eigenvalue weighted by atomic mass is 9.92. The van der Waals surface area contributed by atoms with Crippen LogP contribution >= 0.6 is 11.3 Å². The molecule has 2 fully saturated rings. The minimum atomic E-state index is -2.18. The van der Waals surface area contributed by atoms with E-state index in [9.17, 15) is 23.9 Å². The molecular weight excluding hydrogens is 568 g/mol. The normalized spacial score (nSPS) is 24.5. The van der Waals surface area contributed by atoms with Gasteiger partial charge in [-0.2, -0.15) is 0 Å². The lowest BCUT2D eigenvalue weighted by Gasteiger charge is -2.32. The minimum absolute atomic E-state index is 0.00786. The van der Waals surface area contributed by atoms with E-state index in [1.165, 1.54) is 36.2 Å². The Morgan fingerprint density at radius 3 is 2.76 bits per heavy atom. The molecule has 2 saturated heterocycles. The molecule has 3 aliphatic heterocycles. The molecular formula is C29H33F2N5O5S. The third kappa shape index (κ3) is 5.19. The molecule has 0 unspecified atom stereocenters. The largest absolute Gasteiger partial charge is 0.481 e. The average molecular weight is 602 g/mol. The van der Waals surface area contributed by atoms with Gasteiger partial charge >= 0.3 is 11.9 Å². The highest BCUT2D eigenvalue weighted by Crippen LogP contribution is 2.42. The van der Waals surface area contributed by atoms with Gasteiger partial charge in [0.05, 0.1) is 23.6 Å². The van der Waals surface area contributed by atoms with Crippen molar-refractivity contribution in [2.24, 2.45) is 10.4 Å². The molecule has 2 aromatic rings. The molecule has 0 bridgehead atoms. The molecule has 1 amide bonds. The minimum Gasteiger partial charge on any atom is -0.481 e. The Bertz CT molecular complexity index is 1480. The van der Waals surface area contributed by atoms with E-state index >= 15 is 4.39 Å². The van der Waals surface area contributed by atoms with Crippen molar-refractivity contribution < 1.29 is 33.0 Å². The van der Waals surface area contributed by atoms with Crippen LogP contribution in [0.1, 0.15) is 49.4 Å². The molecule has 1 aromatic heterocycles. The van der Waals surface area contributed by atoms with Gasteiger partial charge in [-0.25, -0.2) is 18.6 Å². The third-order valence-electron chi connectivity index (χ3n) is 8.15. The van der Waals surface area contributed by atoms with E-state index in [4.69, 9.17) is 9.73 Å². The highest BCUT2D eigenvalue weighted by Gasteiger charge is 2.61. The predicted octanol–water partition coefficient (Wildman–Crippen LogP) is 3.23. The number of thiazole rings is 1. The highest BCUT2D eigenvalue weighted by atomic mass is 32.1. The fraction of sp³-hybridized carbons (Fsp3) is 0.483. The second-order valence-corrected chi connectivity index (χ2v) is 12.3. The number of aliphatic imine (C=N–C) groups is 1. The Kier molecular flexibility index (Phi) is 7.92. The Labute approximate surface area is 246 Å². The number of esters is 1. The summed E-state index contributed by atoms with van der Waals surface area (Å²) in [4.78, 5) is 50.6. The van der Waals surface area contributed by atoms with Crippen LogP contribution in [0.4, 0.5) is 8.78 Å². The van der Waals surface area contributed by atoms with Crippen LogP contribution < -0.4 is 5.32 Å². The van der Waals surface area contributed by atoms with Crippen LogP contribution in [-0.2, 0) is 19.1 Å². The van der Waals surface area contributed by atoms with Crippen molar-refractivity contribution in [1.29, 1.82) is 0 Å². The zero-order valence-corrected chi connectivity index (χ0v) is 24.6.